The Morgan fingerprint density at radius 2 is 1.85 bits per heavy atom. The number of aromatic nitrogens is 2. The van der Waals surface area contributed by atoms with Gasteiger partial charge >= 0.3 is 0 Å². The van der Waals surface area contributed by atoms with Crippen LogP contribution in [-0.2, 0) is 0 Å². The van der Waals surface area contributed by atoms with Gasteiger partial charge in [0.15, 0.2) is 5.11 Å². The molecule has 0 unspecified atom stereocenters. The molecule has 0 saturated heterocycles. The van der Waals surface area contributed by atoms with Gasteiger partial charge < -0.3 is 11.1 Å². The standard InChI is InChI=1S/C15H12N4S/c16-14(20)19-15-17-8-7-13(18-15)12-6-5-10-3-1-2-4-11(10)9-12/h1-9H,(H3,16,17,18,19,20). The number of nitrogens with one attached hydrogen (secondary N) is 1. The summed E-state index contributed by atoms with van der Waals surface area (Å²) in [6.07, 6.45) is 1.68. The van der Waals surface area contributed by atoms with Crippen LogP contribution < -0.4 is 11.1 Å². The van der Waals surface area contributed by atoms with Gasteiger partial charge in [-0.05, 0) is 35.1 Å². The minimum Gasteiger partial charge on any atom is -0.376 e. The monoisotopic (exact) mass is 280 g/mol. The Bertz CT molecular complexity index is 785. The van der Waals surface area contributed by atoms with Gasteiger partial charge in [0.1, 0.15) is 0 Å². The van der Waals surface area contributed by atoms with E-state index in [0.29, 0.717) is 5.95 Å². The molecule has 3 aromatic rings. The van der Waals surface area contributed by atoms with Crippen molar-refractivity contribution in [2.24, 2.45) is 5.73 Å². The Morgan fingerprint density at radius 3 is 2.65 bits per heavy atom. The fraction of sp³-hybridized carbons (Fsp3) is 0. The lowest BCUT2D eigenvalue weighted by atomic mass is 10.1. The fourth-order valence-electron chi connectivity index (χ4n) is 2.04. The number of fused-ring (bicyclic) bond motifs is 1. The molecule has 0 atom stereocenters. The molecular formula is C15H12N4S. The van der Waals surface area contributed by atoms with E-state index in [-0.39, 0.29) is 5.11 Å². The molecule has 5 heteroatoms. The quantitative estimate of drug-likeness (QED) is 0.707. The normalized spacial score (nSPS) is 10.4. The van der Waals surface area contributed by atoms with Crippen LogP contribution in [0.2, 0.25) is 0 Å². The first-order valence-corrected chi connectivity index (χ1v) is 6.52. The number of rotatable bonds is 2. The summed E-state index contributed by atoms with van der Waals surface area (Å²) in [4.78, 5) is 8.48. The van der Waals surface area contributed by atoms with E-state index in [1.807, 2.05) is 24.3 Å². The average molecular weight is 280 g/mol. The molecule has 0 fully saturated rings. The molecule has 3 rings (SSSR count). The van der Waals surface area contributed by atoms with Crippen molar-refractivity contribution in [2.75, 3.05) is 5.32 Å². The maximum absolute atomic E-state index is 5.43. The van der Waals surface area contributed by atoms with E-state index in [1.54, 1.807) is 6.20 Å². The number of nitrogens with two attached hydrogens (primary N) is 1. The molecule has 0 spiro atoms. The smallest absolute Gasteiger partial charge is 0.229 e. The van der Waals surface area contributed by atoms with E-state index in [9.17, 15) is 0 Å². The van der Waals surface area contributed by atoms with Gasteiger partial charge in [-0.15, -0.1) is 0 Å². The maximum atomic E-state index is 5.43. The molecule has 0 amide bonds. The third-order valence-electron chi connectivity index (χ3n) is 2.94. The van der Waals surface area contributed by atoms with E-state index >= 15 is 0 Å². The SMILES string of the molecule is NC(=S)Nc1nccc(-c2ccc3ccccc3c2)n1. The first-order valence-electron chi connectivity index (χ1n) is 6.11. The Balaban J connectivity index is 2.03. The second-order valence-electron chi connectivity index (χ2n) is 4.32. The Hall–Kier alpha value is -2.53. The highest BCUT2D eigenvalue weighted by atomic mass is 32.1. The molecule has 0 radical (unpaired) electrons. The van der Waals surface area contributed by atoms with Crippen LogP contribution in [0.25, 0.3) is 22.0 Å². The Labute approximate surface area is 121 Å². The lowest BCUT2D eigenvalue weighted by Gasteiger charge is -2.06. The fourth-order valence-corrected chi connectivity index (χ4v) is 2.13. The van der Waals surface area contributed by atoms with Crippen LogP contribution >= 0.6 is 12.2 Å². The summed E-state index contributed by atoms with van der Waals surface area (Å²) < 4.78 is 0. The van der Waals surface area contributed by atoms with Crippen LogP contribution in [0.3, 0.4) is 0 Å². The molecule has 0 saturated carbocycles. The van der Waals surface area contributed by atoms with Crippen LogP contribution in [-0.4, -0.2) is 15.1 Å². The van der Waals surface area contributed by atoms with Gasteiger partial charge in [0.25, 0.3) is 0 Å². The predicted molar refractivity (Wildman–Crippen MR) is 85.4 cm³/mol. The summed E-state index contributed by atoms with van der Waals surface area (Å²) in [5.74, 6) is 0.406. The molecular weight excluding hydrogens is 268 g/mol. The van der Waals surface area contributed by atoms with E-state index < -0.39 is 0 Å². The molecule has 0 aliphatic carbocycles. The molecule has 1 heterocycles. The topological polar surface area (TPSA) is 63.8 Å². The van der Waals surface area contributed by atoms with Crippen LogP contribution in [0, 0.1) is 0 Å². The molecule has 98 valence electrons. The van der Waals surface area contributed by atoms with Gasteiger partial charge in [-0.25, -0.2) is 9.97 Å². The maximum Gasteiger partial charge on any atom is 0.229 e. The summed E-state index contributed by atoms with van der Waals surface area (Å²) >= 11 is 4.79. The van der Waals surface area contributed by atoms with Crippen molar-refractivity contribution in [2.45, 2.75) is 0 Å². The molecule has 0 aliphatic heterocycles. The second kappa shape index (κ2) is 5.22. The Kier molecular flexibility index (Phi) is 3.26. The molecule has 4 nitrogen and oxygen atoms in total. The van der Waals surface area contributed by atoms with E-state index in [0.717, 1.165) is 11.3 Å². The van der Waals surface area contributed by atoms with Crippen LogP contribution in [0.5, 0.6) is 0 Å². The second-order valence-corrected chi connectivity index (χ2v) is 4.76. The van der Waals surface area contributed by atoms with Crippen LogP contribution in [0.1, 0.15) is 0 Å². The molecule has 2 aromatic carbocycles. The zero-order valence-corrected chi connectivity index (χ0v) is 11.4. The zero-order chi connectivity index (χ0) is 13.9. The Morgan fingerprint density at radius 1 is 1.05 bits per heavy atom. The largest absolute Gasteiger partial charge is 0.376 e. The number of hydrogen-bond donors (Lipinski definition) is 2. The number of anilines is 1. The van der Waals surface area contributed by atoms with E-state index in [4.69, 9.17) is 18.0 Å². The van der Waals surface area contributed by atoms with Crippen molar-refractivity contribution in [3.63, 3.8) is 0 Å². The number of nitrogens with zero attached hydrogens (tertiary/aromatic N) is 2. The summed E-state index contributed by atoms with van der Waals surface area (Å²) in [7, 11) is 0. The first-order chi connectivity index (χ1) is 9.72. The third-order valence-corrected chi connectivity index (χ3v) is 3.04. The van der Waals surface area contributed by atoms with Crippen LogP contribution in [0.15, 0.2) is 54.7 Å². The summed E-state index contributed by atoms with van der Waals surface area (Å²) in [6, 6.07) is 16.3. The van der Waals surface area contributed by atoms with Gasteiger partial charge in [0.05, 0.1) is 5.69 Å². The van der Waals surface area contributed by atoms with Gasteiger partial charge in [0.2, 0.25) is 5.95 Å². The number of thiocarbonyl (C=S) groups is 1. The molecule has 0 bridgehead atoms. The van der Waals surface area contributed by atoms with Crippen molar-refractivity contribution >= 4 is 34.1 Å². The van der Waals surface area contributed by atoms with E-state index in [2.05, 4.69) is 39.6 Å². The highest BCUT2D eigenvalue weighted by molar-refractivity contribution is 7.80. The molecule has 3 N–H and O–H groups in total. The zero-order valence-electron chi connectivity index (χ0n) is 10.6. The first kappa shape index (κ1) is 12.5. The lowest BCUT2D eigenvalue weighted by molar-refractivity contribution is 1.18. The minimum atomic E-state index is 0.153. The molecule has 0 aliphatic rings. The van der Waals surface area contributed by atoms with Gasteiger partial charge in [-0.1, -0.05) is 36.4 Å². The van der Waals surface area contributed by atoms with Gasteiger partial charge in [-0.2, -0.15) is 0 Å². The van der Waals surface area contributed by atoms with Crippen molar-refractivity contribution in [1.82, 2.24) is 9.97 Å². The highest BCUT2D eigenvalue weighted by Gasteiger charge is 2.03. The summed E-state index contributed by atoms with van der Waals surface area (Å²) in [5.41, 5.74) is 7.28. The van der Waals surface area contributed by atoms with Gasteiger partial charge in [-0.3, -0.25) is 0 Å². The summed E-state index contributed by atoms with van der Waals surface area (Å²) in [5, 5.41) is 5.27. The molecule has 1 aromatic heterocycles. The minimum absolute atomic E-state index is 0.153. The average Bonchev–Trinajstić information content (AvgIpc) is 2.46. The van der Waals surface area contributed by atoms with Crippen molar-refractivity contribution < 1.29 is 0 Å². The number of hydrogen-bond acceptors (Lipinski definition) is 3. The molecule has 20 heavy (non-hydrogen) atoms. The van der Waals surface area contributed by atoms with Crippen molar-refractivity contribution in [3.05, 3.63) is 54.7 Å². The van der Waals surface area contributed by atoms with Crippen molar-refractivity contribution in [1.29, 1.82) is 0 Å². The van der Waals surface area contributed by atoms with E-state index in [1.165, 1.54) is 10.8 Å². The highest BCUT2D eigenvalue weighted by Crippen LogP contribution is 2.23. The number of benzene rings is 2. The summed E-state index contributed by atoms with van der Waals surface area (Å²) in [6.45, 7) is 0. The van der Waals surface area contributed by atoms with Gasteiger partial charge in [0, 0.05) is 11.8 Å². The third kappa shape index (κ3) is 2.57. The predicted octanol–water partition coefficient (Wildman–Crippen LogP) is 2.95. The lowest BCUT2D eigenvalue weighted by Crippen LogP contribution is -2.20. The van der Waals surface area contributed by atoms with Crippen LogP contribution in [0.4, 0.5) is 5.95 Å². The van der Waals surface area contributed by atoms with Crippen molar-refractivity contribution in [3.8, 4) is 11.3 Å².